The Bertz CT molecular complexity index is 3630. The molecule has 3 aliphatic rings. The number of aromatic nitrogens is 1. The third kappa shape index (κ3) is 5.49. The maximum Gasteiger partial charge on any atom is 0.266 e. The van der Waals surface area contributed by atoms with Gasteiger partial charge in [0.1, 0.15) is 0 Å². The van der Waals surface area contributed by atoms with Crippen molar-refractivity contribution in [1.82, 2.24) is 4.57 Å². The summed E-state index contributed by atoms with van der Waals surface area (Å²) in [5, 5.41) is 0.450. The molecular formula is C54H38N2O8. The topological polar surface area (TPSA) is 121 Å². The lowest BCUT2D eigenvalue weighted by Crippen LogP contribution is -2.30. The summed E-state index contributed by atoms with van der Waals surface area (Å²) < 4.78 is 27.4. The van der Waals surface area contributed by atoms with E-state index in [1.807, 2.05) is 6.07 Å². The van der Waals surface area contributed by atoms with Gasteiger partial charge in [-0.15, -0.1) is 12.8 Å². The van der Waals surface area contributed by atoms with Gasteiger partial charge in [-0.2, -0.15) is 0 Å². The Labute approximate surface area is 366 Å². The van der Waals surface area contributed by atoms with Crippen LogP contribution in [0.4, 0.5) is 5.69 Å². The van der Waals surface area contributed by atoms with Gasteiger partial charge in [0.2, 0.25) is 6.41 Å². The van der Waals surface area contributed by atoms with Crippen LogP contribution < -0.4 is 25.5 Å². The molecule has 1 atom stereocenters. The third-order valence-corrected chi connectivity index (χ3v) is 13.4. The Hall–Kier alpha value is -8.08. The molecule has 10 nitrogen and oxygen atoms in total. The van der Waals surface area contributed by atoms with E-state index in [1.54, 1.807) is 79.7 Å². The Morgan fingerprint density at radius 1 is 0.641 bits per heavy atom. The Kier molecular flexibility index (Phi) is 8.01. The van der Waals surface area contributed by atoms with Crippen molar-refractivity contribution in [2.75, 3.05) is 4.90 Å². The molecule has 8 aromatic rings. The number of aryl methyl sites for hydroxylation is 1. The number of carbonyl (C=O) groups excluding carboxylic acids is 2. The number of nitrogens with zero attached hydrogens (tertiary/aromatic N) is 2. The molecule has 0 fully saturated rings. The van der Waals surface area contributed by atoms with E-state index in [4.69, 9.17) is 31.2 Å². The van der Waals surface area contributed by atoms with Crippen LogP contribution in [0.5, 0.6) is 23.0 Å². The number of ether oxygens (including phenoxy) is 2. The van der Waals surface area contributed by atoms with Gasteiger partial charge in [0, 0.05) is 22.1 Å². The first-order chi connectivity index (χ1) is 30.6. The van der Waals surface area contributed by atoms with Crippen molar-refractivity contribution in [2.24, 2.45) is 0 Å². The zero-order valence-electron chi connectivity index (χ0n) is 35.5. The van der Waals surface area contributed by atoms with Crippen molar-refractivity contribution < 1.29 is 27.9 Å². The van der Waals surface area contributed by atoms with Crippen LogP contribution in [0.1, 0.15) is 89.8 Å². The quantitative estimate of drug-likeness (QED) is 0.0975. The second-order valence-corrected chi connectivity index (χ2v) is 18.4. The molecule has 0 saturated heterocycles. The monoisotopic (exact) mass is 842 g/mol. The van der Waals surface area contributed by atoms with Gasteiger partial charge in [-0.25, -0.2) is 9.47 Å². The minimum Gasteiger partial charge on any atom is -0.449 e. The highest BCUT2D eigenvalue weighted by Crippen LogP contribution is 2.65. The zero-order chi connectivity index (χ0) is 44.6. The number of hydrogen-bond donors (Lipinski definition) is 0. The number of imide groups is 1. The highest BCUT2D eigenvalue weighted by molar-refractivity contribution is 6.16. The lowest BCUT2D eigenvalue weighted by Gasteiger charge is -2.31. The summed E-state index contributed by atoms with van der Waals surface area (Å²) in [4.78, 5) is 54.6. The summed E-state index contributed by atoms with van der Waals surface area (Å²) >= 11 is 0. The van der Waals surface area contributed by atoms with Crippen molar-refractivity contribution in [3.05, 3.63) is 162 Å². The minimum atomic E-state index is -0.520. The molecule has 6 aromatic carbocycles. The van der Waals surface area contributed by atoms with Crippen LogP contribution in [-0.2, 0) is 21.0 Å². The number of carbonyl (C=O) groups is 2. The molecule has 11 rings (SSSR count). The molecule has 1 aliphatic heterocycles. The van der Waals surface area contributed by atoms with Crippen molar-refractivity contribution in [1.29, 1.82) is 0 Å². The van der Waals surface area contributed by atoms with Crippen LogP contribution in [0, 0.1) is 31.6 Å². The molecule has 64 heavy (non-hydrogen) atoms. The predicted octanol–water partition coefficient (Wildman–Crippen LogP) is 10.5. The highest BCUT2D eigenvalue weighted by atomic mass is 16.6. The summed E-state index contributed by atoms with van der Waals surface area (Å²) in [5.41, 5.74) is 7.19. The van der Waals surface area contributed by atoms with Gasteiger partial charge in [-0.05, 0) is 155 Å². The van der Waals surface area contributed by atoms with Crippen LogP contribution in [0.2, 0.25) is 0 Å². The fourth-order valence-corrected chi connectivity index (χ4v) is 10.6. The van der Waals surface area contributed by atoms with Crippen molar-refractivity contribution in [3.63, 3.8) is 0 Å². The molecule has 312 valence electrons. The van der Waals surface area contributed by atoms with Gasteiger partial charge in [0.25, 0.3) is 17.0 Å². The molecule has 2 aromatic heterocycles. The molecule has 10 heteroatoms. The first-order valence-corrected chi connectivity index (χ1v) is 20.9. The average molecular weight is 843 g/mol. The van der Waals surface area contributed by atoms with E-state index in [1.165, 1.54) is 0 Å². The van der Waals surface area contributed by atoms with E-state index in [0.29, 0.717) is 79.8 Å². The standard InChI is InChI=1S/C54H38N2O8/c1-8-30-10-14-32(15-11-30)55(28-57)49(58)34-19-42-41(18-29(34)3)61-45-22-37-39(24-47(45)62-42)54(26-52(37,4)5)27-53(6,7)38-23-46-48(25-40(38)54)64-44-21-36-35(20-43(44)63-46)50(59)56(51(36)60)33-16-12-31(9-2)13-17-33/h1-2,10-25,28H,26-27H2,3-7H3. The molecule has 2 aliphatic carbocycles. The van der Waals surface area contributed by atoms with E-state index < -0.39 is 22.4 Å². The van der Waals surface area contributed by atoms with Crippen molar-refractivity contribution >= 4 is 51.1 Å². The fraction of sp³-hybridized carbons (Fsp3) is 0.185. The average Bonchev–Trinajstić information content (AvgIpc) is 3.75. The van der Waals surface area contributed by atoms with Crippen LogP contribution in [-0.4, -0.2) is 16.9 Å². The second kappa shape index (κ2) is 13.2. The summed E-state index contributed by atoms with van der Waals surface area (Å²) in [7, 11) is 0. The van der Waals surface area contributed by atoms with Gasteiger partial charge in [-0.1, -0.05) is 39.5 Å². The van der Waals surface area contributed by atoms with E-state index in [9.17, 15) is 19.2 Å². The lowest BCUT2D eigenvalue weighted by molar-refractivity contribution is -0.106. The summed E-state index contributed by atoms with van der Waals surface area (Å²) in [6.45, 7) is 10.8. The van der Waals surface area contributed by atoms with E-state index >= 15 is 0 Å². The zero-order valence-corrected chi connectivity index (χ0v) is 35.5. The third-order valence-electron chi connectivity index (χ3n) is 13.4. The normalized spacial score (nSPS) is 17.2. The number of benzene rings is 6. The van der Waals surface area contributed by atoms with Gasteiger partial charge < -0.3 is 18.3 Å². The number of amides is 2. The largest absolute Gasteiger partial charge is 0.449 e. The number of fused-ring (bicyclic) bond motifs is 9. The first-order valence-electron chi connectivity index (χ1n) is 20.9. The minimum absolute atomic E-state index is 0.221. The van der Waals surface area contributed by atoms with Crippen molar-refractivity contribution in [3.8, 4) is 53.4 Å². The summed E-state index contributed by atoms with van der Waals surface area (Å²) in [6, 6.07) is 28.1. The van der Waals surface area contributed by atoms with E-state index in [-0.39, 0.29) is 27.2 Å². The fourth-order valence-electron chi connectivity index (χ4n) is 10.6. The van der Waals surface area contributed by atoms with E-state index in [2.05, 4.69) is 57.7 Å². The molecule has 0 saturated carbocycles. The Morgan fingerprint density at radius 2 is 1.09 bits per heavy atom. The maximum atomic E-state index is 13.9. The maximum absolute atomic E-state index is 13.9. The highest BCUT2D eigenvalue weighted by Gasteiger charge is 2.57. The molecule has 0 radical (unpaired) electrons. The summed E-state index contributed by atoms with van der Waals surface area (Å²) in [6.07, 6.45) is 13.1. The van der Waals surface area contributed by atoms with Crippen LogP contribution in [0.15, 0.2) is 115 Å². The molecule has 0 N–H and O–H groups in total. The van der Waals surface area contributed by atoms with Crippen LogP contribution in [0.25, 0.3) is 38.8 Å². The number of anilines is 1. The smallest absolute Gasteiger partial charge is 0.266 e. The molecule has 0 bridgehead atoms. The van der Waals surface area contributed by atoms with Crippen molar-refractivity contribution in [2.45, 2.75) is 63.7 Å². The van der Waals surface area contributed by atoms with Gasteiger partial charge in [-0.3, -0.25) is 19.2 Å². The van der Waals surface area contributed by atoms with Gasteiger partial charge in [0.15, 0.2) is 45.3 Å². The lowest BCUT2D eigenvalue weighted by atomic mass is 9.72. The van der Waals surface area contributed by atoms with Gasteiger partial charge in [0.05, 0.1) is 22.1 Å². The number of terminal acetylenes is 2. The molecular weight excluding hydrogens is 805 g/mol. The molecule has 3 heterocycles. The Balaban J connectivity index is 1.000. The summed E-state index contributed by atoms with van der Waals surface area (Å²) in [5.74, 6) is 6.47. The molecule has 1 spiro atoms. The second-order valence-electron chi connectivity index (χ2n) is 18.4. The van der Waals surface area contributed by atoms with Crippen LogP contribution >= 0.6 is 0 Å². The number of rotatable bonds is 4. The first kappa shape index (κ1) is 38.8. The Morgan fingerprint density at radius 3 is 1.64 bits per heavy atom. The number of hydrogen-bond acceptors (Lipinski definition) is 8. The van der Waals surface area contributed by atoms with Crippen LogP contribution in [0.3, 0.4) is 0 Å². The molecule has 1 unspecified atom stereocenters. The predicted molar refractivity (Wildman–Crippen MR) is 244 cm³/mol. The SMILES string of the molecule is C#Cc1ccc(N(C=O)C(=O)c2cc3c(cc2C)Oc2cc4c(cc2O3)C2(CC4(C)C)CC(C)(C)c3cc4oc5cc6c(=O)n(-c7ccc(C#C)cc7)c(=O)c6cc5oc4cc32)cc1. The molecule has 2 amide bonds. The van der Waals surface area contributed by atoms with Gasteiger partial charge >= 0.3 is 0 Å². The van der Waals surface area contributed by atoms with E-state index in [0.717, 1.165) is 44.6 Å².